The summed E-state index contributed by atoms with van der Waals surface area (Å²) in [6, 6.07) is 2.12. The first-order chi connectivity index (χ1) is 7.33. The van der Waals surface area contributed by atoms with Gasteiger partial charge in [-0.15, -0.1) is 0 Å². The molecule has 92 valence electrons. The van der Waals surface area contributed by atoms with Crippen molar-refractivity contribution >= 4 is 0 Å². The van der Waals surface area contributed by atoms with Gasteiger partial charge in [-0.2, -0.15) is 5.10 Å². The summed E-state index contributed by atoms with van der Waals surface area (Å²) in [4.78, 5) is 2.23. The van der Waals surface area contributed by atoms with E-state index in [1.165, 1.54) is 5.69 Å². The predicted octanol–water partition coefficient (Wildman–Crippen LogP) is 1.16. The number of nitrogens with zero attached hydrogens (tertiary/aromatic N) is 3. The Kier molecular flexibility index (Phi) is 4.10. The van der Waals surface area contributed by atoms with Crippen LogP contribution in [0.25, 0.3) is 0 Å². The van der Waals surface area contributed by atoms with Crippen LogP contribution in [-0.4, -0.2) is 40.9 Å². The Morgan fingerprint density at radius 2 is 2.06 bits per heavy atom. The van der Waals surface area contributed by atoms with E-state index in [-0.39, 0.29) is 5.54 Å². The summed E-state index contributed by atoms with van der Waals surface area (Å²) in [6.07, 6.45) is 0. The Bertz CT molecular complexity index is 339. The molecule has 0 saturated carbocycles. The second kappa shape index (κ2) is 4.97. The van der Waals surface area contributed by atoms with Crippen LogP contribution in [0.1, 0.15) is 25.2 Å². The van der Waals surface area contributed by atoms with Gasteiger partial charge in [0.25, 0.3) is 0 Å². The lowest BCUT2D eigenvalue weighted by molar-refractivity contribution is 0.189. The molecule has 0 spiro atoms. The molecule has 0 aliphatic carbocycles. The normalized spacial score (nSPS) is 12.4. The molecule has 0 fully saturated rings. The monoisotopic (exact) mass is 224 g/mol. The Balaban J connectivity index is 2.44. The van der Waals surface area contributed by atoms with Crippen LogP contribution in [0, 0.1) is 6.92 Å². The Labute approximate surface area is 98.6 Å². The fourth-order valence-electron chi connectivity index (χ4n) is 1.48. The zero-order valence-electron chi connectivity index (χ0n) is 11.3. The van der Waals surface area contributed by atoms with Gasteiger partial charge in [0.15, 0.2) is 0 Å². The van der Waals surface area contributed by atoms with Gasteiger partial charge >= 0.3 is 0 Å². The highest BCUT2D eigenvalue weighted by Crippen LogP contribution is 2.08. The summed E-state index contributed by atoms with van der Waals surface area (Å²) in [5.74, 6) is 0. The van der Waals surface area contributed by atoms with E-state index in [0.29, 0.717) is 0 Å². The van der Waals surface area contributed by atoms with Crippen molar-refractivity contribution in [3.63, 3.8) is 0 Å². The third-order valence-corrected chi connectivity index (χ3v) is 3.17. The number of rotatable bonds is 5. The SMILES string of the molecule is Cc1cc(CNCC(C)(C)N(C)C)n(C)n1. The molecule has 1 heterocycles. The van der Waals surface area contributed by atoms with Gasteiger partial charge < -0.3 is 10.2 Å². The summed E-state index contributed by atoms with van der Waals surface area (Å²) in [5, 5.41) is 7.80. The van der Waals surface area contributed by atoms with Gasteiger partial charge in [0.2, 0.25) is 0 Å². The Morgan fingerprint density at radius 3 is 2.50 bits per heavy atom. The lowest BCUT2D eigenvalue weighted by atomic mass is 10.0. The van der Waals surface area contributed by atoms with E-state index in [9.17, 15) is 0 Å². The van der Waals surface area contributed by atoms with E-state index >= 15 is 0 Å². The number of aryl methyl sites for hydroxylation is 2. The van der Waals surface area contributed by atoms with E-state index in [1.54, 1.807) is 0 Å². The van der Waals surface area contributed by atoms with Gasteiger partial charge in [0, 0.05) is 25.7 Å². The van der Waals surface area contributed by atoms with Crippen LogP contribution >= 0.6 is 0 Å². The molecule has 0 atom stereocenters. The topological polar surface area (TPSA) is 33.1 Å². The minimum absolute atomic E-state index is 0.174. The summed E-state index contributed by atoms with van der Waals surface area (Å²) in [6.45, 7) is 8.31. The first-order valence-electron chi connectivity index (χ1n) is 5.70. The molecule has 0 aliphatic rings. The van der Waals surface area contributed by atoms with Gasteiger partial charge in [-0.25, -0.2) is 0 Å². The molecule has 16 heavy (non-hydrogen) atoms. The zero-order valence-corrected chi connectivity index (χ0v) is 11.3. The quantitative estimate of drug-likeness (QED) is 0.814. The van der Waals surface area contributed by atoms with Crippen LogP contribution < -0.4 is 5.32 Å². The van der Waals surface area contributed by atoms with Gasteiger partial charge in [-0.3, -0.25) is 4.68 Å². The van der Waals surface area contributed by atoms with E-state index in [4.69, 9.17) is 0 Å². The van der Waals surface area contributed by atoms with Crippen molar-refractivity contribution in [2.75, 3.05) is 20.6 Å². The molecule has 0 unspecified atom stereocenters. The molecule has 1 rings (SSSR count). The van der Waals surface area contributed by atoms with Gasteiger partial charge in [-0.1, -0.05) is 0 Å². The first kappa shape index (κ1) is 13.2. The third kappa shape index (κ3) is 3.32. The molecule has 1 aromatic rings. The Morgan fingerprint density at radius 1 is 1.44 bits per heavy atom. The molecular weight excluding hydrogens is 200 g/mol. The van der Waals surface area contributed by atoms with E-state index in [0.717, 1.165) is 18.8 Å². The standard InChI is InChI=1S/C12H24N4/c1-10-7-11(16(6)14-10)8-13-9-12(2,3)15(4)5/h7,13H,8-9H2,1-6H3. The van der Waals surface area contributed by atoms with Gasteiger partial charge in [-0.05, 0) is 40.9 Å². The van der Waals surface area contributed by atoms with Crippen LogP contribution in [0.15, 0.2) is 6.07 Å². The highest BCUT2D eigenvalue weighted by Gasteiger charge is 2.19. The molecule has 0 saturated heterocycles. The molecule has 1 aromatic heterocycles. The van der Waals surface area contributed by atoms with Gasteiger partial charge in [0.05, 0.1) is 11.4 Å². The molecule has 0 aromatic carbocycles. The maximum atomic E-state index is 4.33. The predicted molar refractivity (Wildman–Crippen MR) is 67.4 cm³/mol. The molecule has 0 radical (unpaired) electrons. The highest BCUT2D eigenvalue weighted by atomic mass is 15.3. The average Bonchev–Trinajstić information content (AvgIpc) is 2.44. The van der Waals surface area contributed by atoms with Crippen LogP contribution in [-0.2, 0) is 13.6 Å². The molecular formula is C12H24N4. The molecule has 4 nitrogen and oxygen atoms in total. The van der Waals surface area contributed by atoms with Crippen LogP contribution in [0.4, 0.5) is 0 Å². The number of likely N-dealkylation sites (N-methyl/N-ethyl adjacent to an activating group) is 1. The molecule has 0 aliphatic heterocycles. The van der Waals surface area contributed by atoms with Crippen molar-refractivity contribution in [1.82, 2.24) is 20.0 Å². The first-order valence-corrected chi connectivity index (χ1v) is 5.70. The second-order valence-corrected chi connectivity index (χ2v) is 5.21. The lowest BCUT2D eigenvalue weighted by Gasteiger charge is -2.32. The van der Waals surface area contributed by atoms with Crippen LogP contribution in [0.2, 0.25) is 0 Å². The number of aromatic nitrogens is 2. The van der Waals surface area contributed by atoms with E-state index in [2.05, 4.69) is 49.3 Å². The lowest BCUT2D eigenvalue weighted by Crippen LogP contribution is -2.46. The number of hydrogen-bond acceptors (Lipinski definition) is 3. The molecule has 0 bridgehead atoms. The van der Waals surface area contributed by atoms with Crippen molar-refractivity contribution in [1.29, 1.82) is 0 Å². The zero-order chi connectivity index (χ0) is 12.3. The average molecular weight is 224 g/mol. The van der Waals surface area contributed by atoms with Crippen molar-refractivity contribution in [2.24, 2.45) is 7.05 Å². The minimum Gasteiger partial charge on any atom is -0.309 e. The van der Waals surface area contributed by atoms with Gasteiger partial charge in [0.1, 0.15) is 0 Å². The molecule has 4 heteroatoms. The summed E-state index contributed by atoms with van der Waals surface area (Å²) in [5.41, 5.74) is 2.48. The molecule has 1 N–H and O–H groups in total. The highest BCUT2D eigenvalue weighted by molar-refractivity contribution is 5.08. The minimum atomic E-state index is 0.174. The largest absolute Gasteiger partial charge is 0.309 e. The van der Waals surface area contributed by atoms with Crippen LogP contribution in [0.3, 0.4) is 0 Å². The third-order valence-electron chi connectivity index (χ3n) is 3.17. The Hall–Kier alpha value is -0.870. The van der Waals surface area contributed by atoms with Crippen molar-refractivity contribution in [2.45, 2.75) is 32.9 Å². The number of nitrogens with one attached hydrogen (secondary N) is 1. The van der Waals surface area contributed by atoms with E-state index < -0.39 is 0 Å². The fraction of sp³-hybridized carbons (Fsp3) is 0.750. The summed E-state index contributed by atoms with van der Waals surface area (Å²) < 4.78 is 1.94. The maximum Gasteiger partial charge on any atom is 0.0597 e. The van der Waals surface area contributed by atoms with Crippen LogP contribution in [0.5, 0.6) is 0 Å². The van der Waals surface area contributed by atoms with Crippen molar-refractivity contribution in [3.05, 3.63) is 17.5 Å². The molecule has 0 amide bonds. The maximum absolute atomic E-state index is 4.33. The van der Waals surface area contributed by atoms with Crippen molar-refractivity contribution in [3.8, 4) is 0 Å². The van der Waals surface area contributed by atoms with Crippen molar-refractivity contribution < 1.29 is 0 Å². The van der Waals surface area contributed by atoms with E-state index in [1.807, 2.05) is 18.7 Å². The second-order valence-electron chi connectivity index (χ2n) is 5.21. The fourth-order valence-corrected chi connectivity index (χ4v) is 1.48. The summed E-state index contributed by atoms with van der Waals surface area (Å²) >= 11 is 0. The summed E-state index contributed by atoms with van der Waals surface area (Å²) in [7, 11) is 6.20. The smallest absolute Gasteiger partial charge is 0.0597 e. The number of hydrogen-bond donors (Lipinski definition) is 1.